The van der Waals surface area contributed by atoms with Gasteiger partial charge in [-0.2, -0.15) is 10.5 Å². The van der Waals surface area contributed by atoms with Gasteiger partial charge >= 0.3 is 0 Å². The first-order chi connectivity index (χ1) is 18.7. The molecule has 39 heavy (non-hydrogen) atoms. The highest BCUT2D eigenvalue weighted by Gasteiger charge is 2.53. The first-order valence-electron chi connectivity index (χ1n) is 13.2. The Labute approximate surface area is 238 Å². The number of hydrogen-bond acceptors (Lipinski definition) is 6. The first-order valence-corrected chi connectivity index (χ1v) is 14.0. The van der Waals surface area contributed by atoms with Crippen molar-refractivity contribution in [1.82, 2.24) is 14.8 Å². The fraction of sp³-hybridized carbons (Fsp3) is 0.483. The Morgan fingerprint density at radius 2 is 1.82 bits per heavy atom. The molecule has 2 aromatic rings. The third-order valence-corrected chi connectivity index (χ3v) is 9.07. The summed E-state index contributed by atoms with van der Waals surface area (Å²) in [4.78, 5) is 34.3. The lowest BCUT2D eigenvalue weighted by Crippen LogP contribution is -2.46. The number of hydrogen-bond donors (Lipinski definition) is 0. The lowest BCUT2D eigenvalue weighted by Gasteiger charge is -2.34. The number of piperidine rings is 1. The summed E-state index contributed by atoms with van der Waals surface area (Å²) < 4.78 is 6.18. The molecule has 2 saturated heterocycles. The van der Waals surface area contributed by atoms with E-state index in [0.29, 0.717) is 73.4 Å². The van der Waals surface area contributed by atoms with Crippen molar-refractivity contribution in [3.63, 3.8) is 0 Å². The number of likely N-dealkylation sites (tertiary alicyclic amines) is 2. The molecule has 0 unspecified atom stereocenters. The highest BCUT2D eigenvalue weighted by atomic mass is 35.5. The Morgan fingerprint density at radius 3 is 2.41 bits per heavy atom. The Kier molecular flexibility index (Phi) is 7.71. The Morgan fingerprint density at radius 1 is 1.08 bits per heavy atom. The van der Waals surface area contributed by atoms with Crippen LogP contribution in [0.25, 0.3) is 0 Å². The normalized spacial score (nSPS) is 23.0. The number of carbonyl (C=O) groups excluding carboxylic acids is 2. The summed E-state index contributed by atoms with van der Waals surface area (Å²) in [5, 5.41) is 19.4. The van der Waals surface area contributed by atoms with Crippen LogP contribution in [0.3, 0.4) is 0 Å². The van der Waals surface area contributed by atoms with Crippen molar-refractivity contribution in [2.75, 3.05) is 26.2 Å². The van der Waals surface area contributed by atoms with Gasteiger partial charge in [-0.3, -0.25) is 9.59 Å². The van der Waals surface area contributed by atoms with Crippen LogP contribution in [0, 0.1) is 39.9 Å². The van der Waals surface area contributed by atoms with Crippen LogP contribution in [-0.4, -0.2) is 58.9 Å². The van der Waals surface area contributed by atoms with Crippen LogP contribution in [0.15, 0.2) is 36.5 Å². The smallest absolute Gasteiger partial charge is 0.243 e. The van der Waals surface area contributed by atoms with Gasteiger partial charge < -0.3 is 14.5 Å². The van der Waals surface area contributed by atoms with Gasteiger partial charge in [-0.1, -0.05) is 29.3 Å². The van der Waals surface area contributed by atoms with Crippen molar-refractivity contribution < 1.29 is 14.3 Å². The molecule has 2 amide bonds. The molecule has 10 heteroatoms. The maximum Gasteiger partial charge on any atom is 0.243 e. The standard InChI is InChI=1S/C29H29Cl2N5O3/c1-18(39-26-5-2-19(13-32)14-34-26)22-15-36(16-23(22)21-3-4-24(30)25(31)12-21)27(37)20-6-10-35(11-7-20)28(38)29(17-33)8-9-29/h2-5,12,14,18,20,22-23H,6-11,15-16H2,1H3/t18-,22+,23+/m0/s1. The Balaban J connectivity index is 1.29. The minimum atomic E-state index is -0.827. The Hall–Kier alpha value is -3.33. The molecule has 1 aliphatic carbocycles. The van der Waals surface area contributed by atoms with Gasteiger partial charge in [-0.15, -0.1) is 0 Å². The van der Waals surface area contributed by atoms with E-state index >= 15 is 0 Å². The summed E-state index contributed by atoms with van der Waals surface area (Å²) in [6, 6.07) is 13.1. The fourth-order valence-electron chi connectivity index (χ4n) is 5.76. The number of benzene rings is 1. The summed E-state index contributed by atoms with van der Waals surface area (Å²) in [7, 11) is 0. The Bertz CT molecular complexity index is 1340. The molecule has 0 N–H and O–H groups in total. The number of nitrogens with zero attached hydrogens (tertiary/aromatic N) is 5. The molecule has 0 radical (unpaired) electrons. The van der Waals surface area contributed by atoms with E-state index in [1.54, 1.807) is 23.1 Å². The van der Waals surface area contributed by atoms with Gasteiger partial charge in [0.25, 0.3) is 0 Å². The number of ether oxygens (including phenoxy) is 1. The van der Waals surface area contributed by atoms with Crippen LogP contribution in [0.1, 0.15) is 49.7 Å². The zero-order valence-electron chi connectivity index (χ0n) is 21.6. The van der Waals surface area contributed by atoms with Crippen molar-refractivity contribution in [2.24, 2.45) is 17.3 Å². The summed E-state index contributed by atoms with van der Waals surface area (Å²) in [5.41, 5.74) is 0.611. The van der Waals surface area contributed by atoms with Crippen molar-refractivity contribution in [3.05, 3.63) is 57.7 Å². The third kappa shape index (κ3) is 5.55. The second-order valence-electron chi connectivity index (χ2n) is 10.8. The molecule has 202 valence electrons. The van der Waals surface area contributed by atoms with Crippen molar-refractivity contribution in [2.45, 2.75) is 44.6 Å². The van der Waals surface area contributed by atoms with E-state index in [1.165, 1.54) is 6.20 Å². The predicted molar refractivity (Wildman–Crippen MR) is 145 cm³/mol. The van der Waals surface area contributed by atoms with Gasteiger partial charge in [-0.05, 0) is 56.4 Å². The molecular weight excluding hydrogens is 537 g/mol. The van der Waals surface area contributed by atoms with E-state index in [1.807, 2.05) is 24.0 Å². The van der Waals surface area contributed by atoms with E-state index in [0.717, 1.165) is 5.56 Å². The maximum atomic E-state index is 13.7. The minimum absolute atomic E-state index is 0.0240. The quantitative estimate of drug-likeness (QED) is 0.496. The van der Waals surface area contributed by atoms with E-state index in [9.17, 15) is 14.9 Å². The molecule has 3 heterocycles. The average Bonchev–Trinajstić information content (AvgIpc) is 3.64. The summed E-state index contributed by atoms with van der Waals surface area (Å²) in [5.74, 6) is 0.191. The number of aromatic nitrogens is 1. The molecule has 2 aliphatic heterocycles. The van der Waals surface area contributed by atoms with Gasteiger partial charge in [0.1, 0.15) is 17.6 Å². The molecule has 3 aliphatic rings. The van der Waals surface area contributed by atoms with Crippen LogP contribution < -0.4 is 4.74 Å². The SMILES string of the molecule is C[C@H](Oc1ccc(C#N)cn1)[C@H]1CN(C(=O)C2CCN(C(=O)C3(C#N)CC3)CC2)C[C@@H]1c1ccc(Cl)c(Cl)c1. The van der Waals surface area contributed by atoms with Crippen molar-refractivity contribution in [1.29, 1.82) is 10.5 Å². The molecule has 0 bridgehead atoms. The van der Waals surface area contributed by atoms with E-state index < -0.39 is 5.41 Å². The number of rotatable bonds is 6. The number of amides is 2. The predicted octanol–water partition coefficient (Wildman–Crippen LogP) is 4.81. The number of halogens is 2. The van der Waals surface area contributed by atoms with Crippen LogP contribution in [0.5, 0.6) is 5.88 Å². The zero-order valence-corrected chi connectivity index (χ0v) is 23.2. The van der Waals surface area contributed by atoms with Gasteiger partial charge in [-0.25, -0.2) is 4.98 Å². The van der Waals surface area contributed by atoms with Crippen LogP contribution in [0.2, 0.25) is 10.0 Å². The molecule has 8 nitrogen and oxygen atoms in total. The lowest BCUT2D eigenvalue weighted by molar-refractivity contribution is -0.141. The first kappa shape index (κ1) is 27.2. The van der Waals surface area contributed by atoms with E-state index in [2.05, 4.69) is 17.1 Å². The topological polar surface area (TPSA) is 110 Å². The van der Waals surface area contributed by atoms with Crippen molar-refractivity contribution in [3.8, 4) is 18.0 Å². The summed E-state index contributed by atoms with van der Waals surface area (Å²) >= 11 is 12.5. The molecule has 1 aromatic carbocycles. The monoisotopic (exact) mass is 565 g/mol. The minimum Gasteiger partial charge on any atom is -0.474 e. The molecule has 3 atom stereocenters. The molecular formula is C29H29Cl2N5O3. The van der Waals surface area contributed by atoms with Crippen LogP contribution in [0.4, 0.5) is 0 Å². The molecule has 1 aromatic heterocycles. The van der Waals surface area contributed by atoms with Gasteiger partial charge in [0.15, 0.2) is 0 Å². The molecule has 3 fully saturated rings. The molecule has 5 rings (SSSR count). The highest BCUT2D eigenvalue weighted by molar-refractivity contribution is 6.42. The number of carbonyl (C=O) groups is 2. The number of pyridine rings is 1. The van der Waals surface area contributed by atoms with Crippen LogP contribution in [-0.2, 0) is 9.59 Å². The van der Waals surface area contributed by atoms with Crippen molar-refractivity contribution >= 4 is 35.0 Å². The van der Waals surface area contributed by atoms with E-state index in [4.69, 9.17) is 33.2 Å². The summed E-state index contributed by atoms with van der Waals surface area (Å²) in [6.07, 6.45) is 3.64. The fourth-order valence-corrected chi connectivity index (χ4v) is 6.07. The van der Waals surface area contributed by atoms with E-state index in [-0.39, 0.29) is 35.7 Å². The largest absolute Gasteiger partial charge is 0.474 e. The highest BCUT2D eigenvalue weighted by Crippen LogP contribution is 2.47. The maximum absolute atomic E-state index is 13.7. The number of nitriles is 2. The second-order valence-corrected chi connectivity index (χ2v) is 11.6. The van der Waals surface area contributed by atoms with Crippen LogP contribution >= 0.6 is 23.2 Å². The van der Waals surface area contributed by atoms with Gasteiger partial charge in [0, 0.05) is 56.2 Å². The van der Waals surface area contributed by atoms with Gasteiger partial charge in [0.05, 0.1) is 21.7 Å². The third-order valence-electron chi connectivity index (χ3n) is 8.33. The summed E-state index contributed by atoms with van der Waals surface area (Å²) in [6.45, 7) is 3.99. The molecule has 0 spiro atoms. The average molecular weight is 566 g/mol. The zero-order chi connectivity index (χ0) is 27.7. The second kappa shape index (κ2) is 11.0. The van der Waals surface area contributed by atoms with Gasteiger partial charge in [0.2, 0.25) is 17.7 Å². The molecule has 1 saturated carbocycles. The lowest BCUT2D eigenvalue weighted by atomic mass is 9.86.